The number of fused-ring (bicyclic) bond motifs is 1. The molecule has 0 N–H and O–H groups in total. The van der Waals surface area contributed by atoms with Crippen molar-refractivity contribution in [1.82, 2.24) is 0 Å². The first-order valence-electron chi connectivity index (χ1n) is 6.06. The molecule has 1 nitrogen and oxygen atoms in total. The average Bonchev–Trinajstić information content (AvgIpc) is 2.77. The maximum atomic E-state index is 5.95. The third-order valence-corrected chi connectivity index (χ3v) is 4.23. The summed E-state index contributed by atoms with van der Waals surface area (Å²) in [4.78, 5) is 0. The van der Waals surface area contributed by atoms with E-state index in [9.17, 15) is 0 Å². The van der Waals surface area contributed by atoms with Crippen molar-refractivity contribution in [3.05, 3.63) is 57.7 Å². The van der Waals surface area contributed by atoms with Crippen LogP contribution in [0.3, 0.4) is 0 Å². The Hall–Kier alpha value is -1.29. The van der Waals surface area contributed by atoms with Gasteiger partial charge in [0.1, 0.15) is 11.3 Å². The van der Waals surface area contributed by atoms with Gasteiger partial charge in [-0.1, -0.05) is 49.4 Å². The fourth-order valence-electron chi connectivity index (χ4n) is 2.09. The Kier molecular flexibility index (Phi) is 3.12. The highest BCUT2D eigenvalue weighted by atomic mass is 127. The number of hydrogen-bond acceptors (Lipinski definition) is 1. The van der Waals surface area contributed by atoms with Gasteiger partial charge in [-0.3, -0.25) is 0 Å². The van der Waals surface area contributed by atoms with Crippen molar-refractivity contribution in [2.75, 3.05) is 0 Å². The second-order valence-electron chi connectivity index (χ2n) is 4.29. The average molecular weight is 348 g/mol. The van der Waals surface area contributed by atoms with Crippen LogP contribution in [0.15, 0.2) is 52.9 Å². The van der Waals surface area contributed by atoms with Crippen LogP contribution in [-0.2, 0) is 6.42 Å². The van der Waals surface area contributed by atoms with E-state index < -0.39 is 0 Å². The zero-order valence-corrected chi connectivity index (χ0v) is 12.3. The lowest BCUT2D eigenvalue weighted by atomic mass is 10.1. The lowest BCUT2D eigenvalue weighted by molar-refractivity contribution is 0.629. The Labute approximate surface area is 120 Å². The van der Waals surface area contributed by atoms with Gasteiger partial charge in [-0.25, -0.2) is 0 Å². The molecule has 18 heavy (non-hydrogen) atoms. The van der Waals surface area contributed by atoms with Crippen molar-refractivity contribution in [1.29, 1.82) is 0 Å². The van der Waals surface area contributed by atoms with Gasteiger partial charge < -0.3 is 4.42 Å². The molecule has 2 heteroatoms. The number of halogens is 1. The molecule has 0 saturated carbocycles. The normalized spacial score (nSPS) is 11.0. The molecule has 1 heterocycles. The summed E-state index contributed by atoms with van der Waals surface area (Å²) in [6, 6.07) is 16.8. The fourth-order valence-corrected chi connectivity index (χ4v) is 2.96. The Morgan fingerprint density at radius 3 is 2.39 bits per heavy atom. The van der Waals surface area contributed by atoms with E-state index in [0.29, 0.717) is 0 Å². The van der Waals surface area contributed by atoms with Crippen LogP contribution >= 0.6 is 22.6 Å². The molecule has 1 aromatic heterocycles. The third-order valence-electron chi connectivity index (χ3n) is 3.16. The van der Waals surface area contributed by atoms with Crippen LogP contribution < -0.4 is 0 Å². The highest BCUT2D eigenvalue weighted by Gasteiger charge is 2.12. The molecule has 0 aliphatic carbocycles. The Morgan fingerprint density at radius 1 is 1.00 bits per heavy atom. The van der Waals surface area contributed by atoms with Crippen LogP contribution in [0.2, 0.25) is 0 Å². The summed E-state index contributed by atoms with van der Waals surface area (Å²) >= 11 is 2.36. The smallest absolute Gasteiger partial charge is 0.148 e. The maximum Gasteiger partial charge on any atom is 0.148 e. The SMILES string of the molecule is CCc1ccc(-c2oc3ccccc3c2I)cc1. The molecule has 0 radical (unpaired) electrons. The lowest BCUT2D eigenvalue weighted by Crippen LogP contribution is -1.81. The predicted molar refractivity (Wildman–Crippen MR) is 83.7 cm³/mol. The molecule has 0 spiro atoms. The minimum Gasteiger partial charge on any atom is -0.455 e. The monoisotopic (exact) mass is 348 g/mol. The van der Waals surface area contributed by atoms with Crippen LogP contribution in [0.4, 0.5) is 0 Å². The van der Waals surface area contributed by atoms with Crippen molar-refractivity contribution in [3.8, 4) is 11.3 Å². The number of furan rings is 1. The molecule has 90 valence electrons. The van der Waals surface area contributed by atoms with Gasteiger partial charge >= 0.3 is 0 Å². The first-order chi connectivity index (χ1) is 8.79. The van der Waals surface area contributed by atoms with E-state index >= 15 is 0 Å². The quantitative estimate of drug-likeness (QED) is 0.575. The van der Waals surface area contributed by atoms with Gasteiger partial charge in [0.2, 0.25) is 0 Å². The summed E-state index contributed by atoms with van der Waals surface area (Å²) in [5.41, 5.74) is 3.45. The second kappa shape index (κ2) is 4.76. The molecule has 3 aromatic rings. The van der Waals surface area contributed by atoms with Crippen LogP contribution in [0.1, 0.15) is 12.5 Å². The van der Waals surface area contributed by atoms with Crippen molar-refractivity contribution >= 4 is 33.6 Å². The molecule has 0 fully saturated rings. The molecular formula is C16H13IO. The highest BCUT2D eigenvalue weighted by molar-refractivity contribution is 14.1. The molecular weight excluding hydrogens is 335 g/mol. The molecule has 0 aliphatic heterocycles. The first-order valence-corrected chi connectivity index (χ1v) is 7.14. The molecule has 2 aromatic carbocycles. The topological polar surface area (TPSA) is 13.1 Å². The largest absolute Gasteiger partial charge is 0.455 e. The molecule has 0 saturated heterocycles. The summed E-state index contributed by atoms with van der Waals surface area (Å²) in [7, 11) is 0. The molecule has 0 bridgehead atoms. The minimum atomic E-state index is 0.955. The van der Waals surface area contributed by atoms with Gasteiger partial charge in [-0.15, -0.1) is 0 Å². The summed E-state index contributed by atoms with van der Waals surface area (Å²) in [6.45, 7) is 2.17. The highest BCUT2D eigenvalue weighted by Crippen LogP contribution is 2.34. The lowest BCUT2D eigenvalue weighted by Gasteiger charge is -2.00. The van der Waals surface area contributed by atoms with Crippen LogP contribution in [0.25, 0.3) is 22.3 Å². The van der Waals surface area contributed by atoms with Gasteiger partial charge in [0.25, 0.3) is 0 Å². The second-order valence-corrected chi connectivity index (χ2v) is 5.37. The molecule has 0 atom stereocenters. The standard InChI is InChI=1S/C16H13IO/c1-2-11-7-9-12(10-8-11)16-15(17)13-5-3-4-6-14(13)18-16/h3-10H,2H2,1H3. The number of rotatable bonds is 2. The van der Waals surface area contributed by atoms with Crippen molar-refractivity contribution in [3.63, 3.8) is 0 Å². The van der Waals surface area contributed by atoms with Crippen LogP contribution in [0.5, 0.6) is 0 Å². The molecule has 0 unspecified atom stereocenters. The zero-order chi connectivity index (χ0) is 12.5. The fraction of sp³-hybridized carbons (Fsp3) is 0.125. The van der Waals surface area contributed by atoms with E-state index in [-0.39, 0.29) is 0 Å². The molecule has 0 amide bonds. The molecule has 3 rings (SSSR count). The predicted octanol–water partition coefficient (Wildman–Crippen LogP) is 5.27. The van der Waals surface area contributed by atoms with Gasteiger partial charge in [0, 0.05) is 10.9 Å². The van der Waals surface area contributed by atoms with E-state index in [2.05, 4.69) is 59.8 Å². The zero-order valence-electron chi connectivity index (χ0n) is 10.1. The number of para-hydroxylation sites is 1. The van der Waals surface area contributed by atoms with E-state index in [1.165, 1.54) is 14.5 Å². The summed E-state index contributed by atoms with van der Waals surface area (Å²) in [5.74, 6) is 0.972. The van der Waals surface area contributed by atoms with Gasteiger partial charge in [-0.2, -0.15) is 0 Å². The van der Waals surface area contributed by atoms with Gasteiger partial charge in [0.05, 0.1) is 3.57 Å². The summed E-state index contributed by atoms with van der Waals surface area (Å²) < 4.78 is 7.14. The third kappa shape index (κ3) is 1.94. The van der Waals surface area contributed by atoms with Crippen molar-refractivity contribution in [2.24, 2.45) is 0 Å². The van der Waals surface area contributed by atoms with E-state index in [1.54, 1.807) is 0 Å². The number of aryl methyl sites for hydroxylation is 1. The number of benzene rings is 2. The number of hydrogen-bond donors (Lipinski definition) is 0. The Bertz CT molecular complexity index is 680. The summed E-state index contributed by atoms with van der Waals surface area (Å²) in [6.07, 6.45) is 1.07. The Balaban J connectivity index is 2.15. The maximum absolute atomic E-state index is 5.95. The van der Waals surface area contributed by atoms with Gasteiger partial charge in [0.15, 0.2) is 0 Å². The minimum absolute atomic E-state index is 0.955. The van der Waals surface area contributed by atoms with E-state index in [1.807, 2.05) is 18.2 Å². The molecule has 0 aliphatic rings. The Morgan fingerprint density at radius 2 is 1.72 bits per heavy atom. The van der Waals surface area contributed by atoms with E-state index in [0.717, 1.165) is 23.3 Å². The van der Waals surface area contributed by atoms with Crippen LogP contribution in [0, 0.1) is 3.57 Å². The summed E-state index contributed by atoms with van der Waals surface area (Å²) in [5, 5.41) is 1.19. The first kappa shape index (κ1) is 11.8. The van der Waals surface area contributed by atoms with E-state index in [4.69, 9.17) is 4.42 Å². The van der Waals surface area contributed by atoms with Crippen molar-refractivity contribution in [2.45, 2.75) is 13.3 Å². The van der Waals surface area contributed by atoms with Crippen molar-refractivity contribution < 1.29 is 4.42 Å². The van der Waals surface area contributed by atoms with Gasteiger partial charge in [-0.05, 0) is 40.6 Å². The van der Waals surface area contributed by atoms with Crippen LogP contribution in [-0.4, -0.2) is 0 Å².